The van der Waals surface area contributed by atoms with E-state index in [9.17, 15) is 4.79 Å². The lowest BCUT2D eigenvalue weighted by atomic mass is 9.96. The van der Waals surface area contributed by atoms with E-state index in [0.717, 1.165) is 43.9 Å². The number of likely N-dealkylation sites (tertiary alicyclic amines) is 1. The Bertz CT molecular complexity index is 1240. The molecule has 2 aliphatic rings. The molecule has 12 heteroatoms. The zero-order chi connectivity index (χ0) is 26.1. The van der Waals surface area contributed by atoms with Crippen LogP contribution in [0.2, 0.25) is 5.15 Å². The van der Waals surface area contributed by atoms with Crippen LogP contribution in [0.4, 0.5) is 11.6 Å². The minimum Gasteiger partial charge on any atom is -0.383 e. The Morgan fingerprint density at radius 2 is 1.97 bits per heavy atom. The first kappa shape index (κ1) is 25.3. The van der Waals surface area contributed by atoms with Gasteiger partial charge in [-0.05, 0) is 45.2 Å². The van der Waals surface area contributed by atoms with Crippen molar-refractivity contribution in [3.8, 4) is 11.5 Å². The van der Waals surface area contributed by atoms with E-state index < -0.39 is 0 Å². The van der Waals surface area contributed by atoms with Gasteiger partial charge in [-0.3, -0.25) is 14.8 Å². The molecule has 3 N–H and O–H groups in total. The van der Waals surface area contributed by atoms with E-state index in [0.29, 0.717) is 47.4 Å². The average molecular weight is 525 g/mol. The van der Waals surface area contributed by atoms with Crippen molar-refractivity contribution in [2.45, 2.75) is 58.2 Å². The van der Waals surface area contributed by atoms with Crippen LogP contribution in [0.15, 0.2) is 24.7 Å². The summed E-state index contributed by atoms with van der Waals surface area (Å²) < 4.78 is 0. The van der Waals surface area contributed by atoms with Crippen molar-refractivity contribution in [3.05, 3.63) is 41.1 Å². The highest BCUT2D eigenvalue weighted by Gasteiger charge is 2.38. The summed E-state index contributed by atoms with van der Waals surface area (Å²) in [5, 5.41) is 7.05. The fraction of sp³-hybridized carbons (Fsp3) is 0.520. The maximum Gasteiger partial charge on any atom is 0.257 e. The van der Waals surface area contributed by atoms with E-state index in [1.807, 2.05) is 11.8 Å². The van der Waals surface area contributed by atoms with Gasteiger partial charge in [0.2, 0.25) is 0 Å². The number of nitrogens with one attached hydrogen (secondary N) is 1. The zero-order valence-corrected chi connectivity index (χ0v) is 22.2. The second-order valence-corrected chi connectivity index (χ2v) is 10.2. The number of nitrogens with zero attached hydrogens (tertiary/aromatic N) is 8. The summed E-state index contributed by atoms with van der Waals surface area (Å²) in [6.07, 6.45) is 6.13. The number of aromatic amines is 1. The summed E-state index contributed by atoms with van der Waals surface area (Å²) >= 11 is 5.90. The Morgan fingerprint density at radius 1 is 1.19 bits per heavy atom. The topological polar surface area (TPSA) is 133 Å². The molecule has 0 aliphatic carbocycles. The zero-order valence-electron chi connectivity index (χ0n) is 21.4. The van der Waals surface area contributed by atoms with Crippen LogP contribution in [0.1, 0.15) is 49.2 Å². The second-order valence-electron chi connectivity index (χ2n) is 9.85. The van der Waals surface area contributed by atoms with Crippen molar-refractivity contribution in [1.82, 2.24) is 39.9 Å². The second kappa shape index (κ2) is 10.6. The van der Waals surface area contributed by atoms with Gasteiger partial charge >= 0.3 is 0 Å². The third-order valence-electron chi connectivity index (χ3n) is 7.55. The first-order chi connectivity index (χ1) is 17.9. The SMILES string of the molecule is CC[C@H]1CN(c2ncc(-c3ncn[nH]3)nc2C)[C@H](C)CN1C1CCN(C(=O)c2ccc(Cl)nc2N)CC1. The molecule has 2 aliphatic heterocycles. The molecule has 0 radical (unpaired) electrons. The fourth-order valence-corrected chi connectivity index (χ4v) is 5.73. The molecule has 0 spiro atoms. The number of halogens is 1. The predicted molar refractivity (Wildman–Crippen MR) is 142 cm³/mol. The van der Waals surface area contributed by atoms with Crippen molar-refractivity contribution < 1.29 is 4.79 Å². The first-order valence-electron chi connectivity index (χ1n) is 12.8. The number of aromatic nitrogens is 6. The molecular formula is C25H33ClN10O. The number of rotatable bonds is 5. The van der Waals surface area contributed by atoms with Crippen molar-refractivity contribution in [2.75, 3.05) is 36.8 Å². The van der Waals surface area contributed by atoms with Gasteiger partial charge in [0, 0.05) is 44.3 Å². The molecule has 0 saturated carbocycles. The number of piperazine rings is 1. The van der Waals surface area contributed by atoms with Crippen LogP contribution in [-0.2, 0) is 0 Å². The highest BCUT2D eigenvalue weighted by Crippen LogP contribution is 2.30. The normalized spacial score (nSPS) is 21.4. The number of pyridine rings is 1. The Hall–Kier alpha value is -3.31. The maximum absolute atomic E-state index is 13.0. The van der Waals surface area contributed by atoms with Crippen molar-refractivity contribution in [1.29, 1.82) is 0 Å². The average Bonchev–Trinajstić information content (AvgIpc) is 3.44. The lowest BCUT2D eigenvalue weighted by molar-refractivity contribution is 0.0435. The number of carbonyl (C=O) groups is 1. The molecule has 5 rings (SSSR count). The molecule has 0 aromatic carbocycles. The fourth-order valence-electron chi connectivity index (χ4n) is 5.57. The first-order valence-corrected chi connectivity index (χ1v) is 13.2. The van der Waals surface area contributed by atoms with Gasteiger partial charge in [0.15, 0.2) is 5.82 Å². The van der Waals surface area contributed by atoms with Gasteiger partial charge in [-0.1, -0.05) is 18.5 Å². The highest BCUT2D eigenvalue weighted by atomic mass is 35.5. The van der Waals surface area contributed by atoms with Gasteiger partial charge in [-0.15, -0.1) is 0 Å². The van der Waals surface area contributed by atoms with Gasteiger partial charge in [0.1, 0.15) is 28.8 Å². The molecule has 0 bridgehead atoms. The Morgan fingerprint density at radius 3 is 2.62 bits per heavy atom. The standard InChI is InChI=1S/C25H33ClN10O/c1-4-17-13-35(24-16(3)31-20(11-28-24)23-29-14-30-33-23)15(2)12-36(17)18-7-9-34(10-8-18)25(37)19-5-6-21(26)32-22(19)27/h5-6,11,14-15,17-18H,4,7-10,12-13H2,1-3H3,(H2,27,32)(H,29,30,33)/t15-,17+/m1/s1. The molecule has 2 fully saturated rings. The van der Waals surface area contributed by atoms with Gasteiger partial charge in [-0.25, -0.2) is 19.9 Å². The number of nitrogen functional groups attached to an aromatic ring is 1. The van der Waals surface area contributed by atoms with Crippen LogP contribution >= 0.6 is 11.6 Å². The third-order valence-corrected chi connectivity index (χ3v) is 7.76. The molecule has 5 heterocycles. The van der Waals surface area contributed by atoms with Crippen LogP contribution in [0, 0.1) is 6.92 Å². The van der Waals surface area contributed by atoms with E-state index in [4.69, 9.17) is 27.3 Å². The Balaban J connectivity index is 1.24. The number of aryl methyl sites for hydroxylation is 1. The van der Waals surface area contributed by atoms with E-state index >= 15 is 0 Å². The summed E-state index contributed by atoms with van der Waals surface area (Å²) in [5.41, 5.74) is 7.95. The van der Waals surface area contributed by atoms with Gasteiger partial charge < -0.3 is 15.5 Å². The number of H-pyrrole nitrogens is 1. The largest absolute Gasteiger partial charge is 0.383 e. The lowest BCUT2D eigenvalue weighted by Gasteiger charge is -2.50. The number of hydrogen-bond donors (Lipinski definition) is 2. The third kappa shape index (κ3) is 5.10. The monoisotopic (exact) mass is 524 g/mol. The number of amides is 1. The van der Waals surface area contributed by atoms with Crippen molar-refractivity contribution in [2.24, 2.45) is 0 Å². The summed E-state index contributed by atoms with van der Waals surface area (Å²) in [5.74, 6) is 1.64. The molecule has 11 nitrogen and oxygen atoms in total. The molecular weight excluding hydrogens is 492 g/mol. The van der Waals surface area contributed by atoms with Crippen LogP contribution in [0.5, 0.6) is 0 Å². The van der Waals surface area contributed by atoms with E-state index in [2.05, 4.69) is 43.8 Å². The van der Waals surface area contributed by atoms with Crippen LogP contribution < -0.4 is 10.6 Å². The minimum absolute atomic E-state index is 0.0758. The number of nitrogens with two attached hydrogens (primary N) is 1. The lowest BCUT2D eigenvalue weighted by Crippen LogP contribution is -2.62. The van der Waals surface area contributed by atoms with Gasteiger partial charge in [0.05, 0.1) is 17.5 Å². The highest BCUT2D eigenvalue weighted by molar-refractivity contribution is 6.29. The summed E-state index contributed by atoms with van der Waals surface area (Å²) in [6.45, 7) is 9.72. The molecule has 1 amide bonds. The van der Waals surface area contributed by atoms with E-state index in [-0.39, 0.29) is 17.8 Å². The molecule has 2 atom stereocenters. The Labute approximate surface area is 221 Å². The van der Waals surface area contributed by atoms with Gasteiger partial charge in [-0.2, -0.15) is 5.10 Å². The van der Waals surface area contributed by atoms with E-state index in [1.165, 1.54) is 6.33 Å². The number of anilines is 2. The summed E-state index contributed by atoms with van der Waals surface area (Å²) in [4.78, 5) is 37.7. The van der Waals surface area contributed by atoms with Crippen molar-refractivity contribution >= 4 is 29.1 Å². The molecule has 2 saturated heterocycles. The smallest absolute Gasteiger partial charge is 0.257 e. The number of hydrogen-bond acceptors (Lipinski definition) is 9. The minimum atomic E-state index is -0.0758. The van der Waals surface area contributed by atoms with Crippen LogP contribution in [0.3, 0.4) is 0 Å². The number of carbonyl (C=O) groups excluding carboxylic acids is 1. The van der Waals surface area contributed by atoms with Crippen LogP contribution in [0.25, 0.3) is 11.5 Å². The quantitative estimate of drug-likeness (QED) is 0.483. The molecule has 0 unspecified atom stereocenters. The Kier molecular flexibility index (Phi) is 7.25. The van der Waals surface area contributed by atoms with Crippen molar-refractivity contribution in [3.63, 3.8) is 0 Å². The van der Waals surface area contributed by atoms with Gasteiger partial charge in [0.25, 0.3) is 5.91 Å². The molecule has 37 heavy (non-hydrogen) atoms. The molecule has 196 valence electrons. The maximum atomic E-state index is 13.0. The van der Waals surface area contributed by atoms with Crippen LogP contribution in [-0.4, -0.2) is 90.1 Å². The summed E-state index contributed by atoms with van der Waals surface area (Å²) in [7, 11) is 0. The molecule has 3 aromatic rings. The summed E-state index contributed by atoms with van der Waals surface area (Å²) in [6, 6.07) is 4.38. The number of piperidine rings is 1. The predicted octanol–water partition coefficient (Wildman–Crippen LogP) is 2.79. The van der Waals surface area contributed by atoms with E-state index in [1.54, 1.807) is 18.3 Å². The molecule has 3 aromatic heterocycles.